The van der Waals surface area contributed by atoms with Crippen molar-refractivity contribution in [1.29, 1.82) is 0 Å². The van der Waals surface area contributed by atoms with Crippen LogP contribution in [0.4, 0.5) is 4.79 Å². The number of hydrogen-bond acceptors (Lipinski definition) is 9. The highest BCUT2D eigenvalue weighted by atomic mass is 32.2. The maximum atomic E-state index is 14.7. The van der Waals surface area contributed by atoms with Crippen molar-refractivity contribution in [2.45, 2.75) is 99.7 Å². The molecule has 7 rings (SSSR count). The molecule has 5 amide bonds. The summed E-state index contributed by atoms with van der Waals surface area (Å²) >= 11 is 0. The maximum absolute atomic E-state index is 14.7. The summed E-state index contributed by atoms with van der Waals surface area (Å²) in [5.74, 6) is -1.88. The number of sulfonamides is 1. The molecular formula is C38H49N7O7S. The summed E-state index contributed by atoms with van der Waals surface area (Å²) in [4.78, 5) is 64.2. The maximum Gasteiger partial charge on any atom is 0.315 e. The van der Waals surface area contributed by atoms with Gasteiger partial charge in [0, 0.05) is 43.1 Å². The summed E-state index contributed by atoms with van der Waals surface area (Å²) in [5, 5.41) is 8.00. The number of nitrogens with one attached hydrogen (secondary N) is 4. The first kappa shape index (κ1) is 36.8. The second-order valence-corrected chi connectivity index (χ2v) is 16.9. The van der Waals surface area contributed by atoms with E-state index in [0.717, 1.165) is 31.2 Å². The fourth-order valence-electron chi connectivity index (χ4n) is 7.37. The Morgan fingerprint density at radius 1 is 1.04 bits per heavy atom. The second kappa shape index (κ2) is 15.5. The summed E-state index contributed by atoms with van der Waals surface area (Å²) < 4.78 is 34.3. The molecule has 0 bridgehead atoms. The zero-order chi connectivity index (χ0) is 37.2. The van der Waals surface area contributed by atoms with Crippen molar-refractivity contribution in [3.8, 4) is 17.1 Å². The molecule has 5 atom stereocenters. The number of carbonyl (C=O) groups excluding carboxylic acids is 4. The number of benzene rings is 1. The van der Waals surface area contributed by atoms with Gasteiger partial charge in [-0.3, -0.25) is 24.0 Å². The standard InChI is InChI=1S/C38H49N7O7S/c1-2-19-39-37(49)41-31-24-44(27-15-16-27)20-8-4-7-12-26-22-38(26,36(48)43-53(50,51)29-17-18-29)42-34(46)32-21-28(23-45(32)35(31)47)52-33-14-9-13-30(40-33)25-10-5-3-6-11-25/h3,5-7,9-14,26-29,31-32H,2,4,8,15-24H2,1H3,(H,42,46)(H,43,48)(H2,39,41,49)/b12-7-/t26?,28-,31+,32+,38-/m1/s1. The summed E-state index contributed by atoms with van der Waals surface area (Å²) in [5.41, 5.74) is 0.128. The Hall–Kier alpha value is -4.50. The predicted octanol–water partition coefficient (Wildman–Crippen LogP) is 2.47. The van der Waals surface area contributed by atoms with E-state index in [2.05, 4.69) is 25.6 Å². The van der Waals surface area contributed by atoms with Crippen LogP contribution in [-0.2, 0) is 24.4 Å². The Morgan fingerprint density at radius 3 is 2.57 bits per heavy atom. The van der Waals surface area contributed by atoms with Gasteiger partial charge in [0.1, 0.15) is 23.7 Å². The van der Waals surface area contributed by atoms with Crippen LogP contribution in [0.1, 0.15) is 64.7 Å². The number of rotatable bonds is 10. The number of carbonyl (C=O) groups is 4. The highest BCUT2D eigenvalue weighted by molar-refractivity contribution is 7.91. The van der Waals surface area contributed by atoms with E-state index < -0.39 is 68.7 Å². The van der Waals surface area contributed by atoms with E-state index in [-0.39, 0.29) is 25.9 Å². The van der Waals surface area contributed by atoms with Gasteiger partial charge in [-0.1, -0.05) is 55.5 Å². The van der Waals surface area contributed by atoms with Crippen LogP contribution in [0.2, 0.25) is 0 Å². The first-order valence-electron chi connectivity index (χ1n) is 18.9. The number of pyridine rings is 1. The second-order valence-electron chi connectivity index (χ2n) is 14.9. The molecule has 0 spiro atoms. The van der Waals surface area contributed by atoms with Crippen LogP contribution in [0.15, 0.2) is 60.7 Å². The van der Waals surface area contributed by atoms with E-state index in [0.29, 0.717) is 50.0 Å². The van der Waals surface area contributed by atoms with Gasteiger partial charge >= 0.3 is 6.03 Å². The van der Waals surface area contributed by atoms with Crippen molar-refractivity contribution < 1.29 is 32.3 Å². The van der Waals surface area contributed by atoms with Crippen molar-refractivity contribution in [3.63, 3.8) is 0 Å². The van der Waals surface area contributed by atoms with Gasteiger partial charge in [-0.15, -0.1) is 0 Å². The minimum absolute atomic E-state index is 0.0327. The Kier molecular flexibility index (Phi) is 10.7. The summed E-state index contributed by atoms with van der Waals surface area (Å²) in [6, 6.07) is 12.9. The fraction of sp³-hybridized carbons (Fsp3) is 0.553. The van der Waals surface area contributed by atoms with Crippen molar-refractivity contribution >= 4 is 33.8 Å². The summed E-state index contributed by atoms with van der Waals surface area (Å²) in [6.07, 6.45) is 8.72. The molecule has 2 aromatic rings. The van der Waals surface area contributed by atoms with Crippen LogP contribution >= 0.6 is 0 Å². The molecule has 53 heavy (non-hydrogen) atoms. The quantitative estimate of drug-likeness (QED) is 0.266. The molecule has 15 heteroatoms. The lowest BCUT2D eigenvalue weighted by Crippen LogP contribution is -2.60. The summed E-state index contributed by atoms with van der Waals surface area (Å²) in [6.45, 7) is 3.38. The Balaban J connectivity index is 1.19. The zero-order valence-electron chi connectivity index (χ0n) is 30.0. The first-order chi connectivity index (χ1) is 25.6. The zero-order valence-corrected chi connectivity index (χ0v) is 30.9. The van der Waals surface area contributed by atoms with Gasteiger partial charge in [0.15, 0.2) is 0 Å². The first-order valence-corrected chi connectivity index (χ1v) is 20.4. The molecule has 4 N–H and O–H groups in total. The Bertz CT molecular complexity index is 1830. The molecule has 4 fully saturated rings. The van der Waals surface area contributed by atoms with Gasteiger partial charge in [0.2, 0.25) is 27.7 Å². The van der Waals surface area contributed by atoms with E-state index in [4.69, 9.17) is 9.72 Å². The van der Waals surface area contributed by atoms with E-state index in [1.807, 2.05) is 61.5 Å². The average molecular weight is 748 g/mol. The molecule has 3 aliphatic carbocycles. The third-order valence-electron chi connectivity index (χ3n) is 10.7. The van der Waals surface area contributed by atoms with Crippen molar-refractivity contribution in [3.05, 3.63) is 60.7 Å². The van der Waals surface area contributed by atoms with Crippen LogP contribution in [0.25, 0.3) is 11.3 Å². The van der Waals surface area contributed by atoms with Crippen LogP contribution in [-0.4, -0.2) is 108 Å². The lowest BCUT2D eigenvalue weighted by molar-refractivity contribution is -0.141. The van der Waals surface area contributed by atoms with Crippen molar-refractivity contribution in [1.82, 2.24) is 35.5 Å². The lowest BCUT2D eigenvalue weighted by atomic mass is 10.1. The van der Waals surface area contributed by atoms with Crippen LogP contribution in [0.5, 0.6) is 5.88 Å². The number of urea groups is 1. The number of ether oxygens (including phenoxy) is 1. The highest BCUT2D eigenvalue weighted by Gasteiger charge is 2.62. The van der Waals surface area contributed by atoms with Gasteiger partial charge in [-0.05, 0) is 64.0 Å². The van der Waals surface area contributed by atoms with Gasteiger partial charge in [-0.25, -0.2) is 18.2 Å². The number of aromatic nitrogens is 1. The fourth-order valence-corrected chi connectivity index (χ4v) is 8.73. The van der Waals surface area contributed by atoms with Gasteiger partial charge in [0.05, 0.1) is 17.5 Å². The minimum atomic E-state index is -3.88. The largest absolute Gasteiger partial charge is 0.472 e. The molecule has 1 unspecified atom stereocenters. The smallest absolute Gasteiger partial charge is 0.315 e. The molecule has 3 saturated carbocycles. The van der Waals surface area contributed by atoms with Crippen molar-refractivity contribution in [2.24, 2.45) is 5.92 Å². The van der Waals surface area contributed by atoms with E-state index in [9.17, 15) is 27.6 Å². The van der Waals surface area contributed by atoms with Gasteiger partial charge in [0.25, 0.3) is 5.91 Å². The normalized spacial score (nSPS) is 28.7. The van der Waals surface area contributed by atoms with Crippen molar-refractivity contribution in [2.75, 3.05) is 26.2 Å². The average Bonchev–Trinajstić information content (AvgIpc) is 4.03. The molecule has 0 radical (unpaired) electrons. The lowest BCUT2D eigenvalue weighted by Gasteiger charge is -2.32. The molecule has 14 nitrogen and oxygen atoms in total. The minimum Gasteiger partial charge on any atom is -0.472 e. The van der Waals surface area contributed by atoms with Crippen LogP contribution in [0.3, 0.4) is 0 Å². The molecule has 284 valence electrons. The van der Waals surface area contributed by atoms with Crippen LogP contribution < -0.4 is 25.4 Å². The Labute approximate surface area is 310 Å². The monoisotopic (exact) mass is 747 g/mol. The molecular weight excluding hydrogens is 699 g/mol. The van der Waals surface area contributed by atoms with Crippen LogP contribution in [0, 0.1) is 5.92 Å². The van der Waals surface area contributed by atoms with E-state index in [1.165, 1.54) is 4.90 Å². The van der Waals surface area contributed by atoms with E-state index in [1.54, 1.807) is 6.07 Å². The third kappa shape index (κ3) is 8.67. The number of allylic oxidation sites excluding steroid dienone is 1. The number of hydrogen-bond donors (Lipinski definition) is 4. The molecule has 3 heterocycles. The molecule has 1 aromatic carbocycles. The topological polar surface area (TPSA) is 179 Å². The number of nitrogens with zero attached hydrogens (tertiary/aromatic N) is 3. The summed E-state index contributed by atoms with van der Waals surface area (Å²) in [7, 11) is -3.88. The van der Waals surface area contributed by atoms with Gasteiger partial charge in [-0.2, -0.15) is 0 Å². The molecule has 5 aliphatic rings. The molecule has 2 aliphatic heterocycles. The third-order valence-corrected chi connectivity index (χ3v) is 12.5. The predicted molar refractivity (Wildman–Crippen MR) is 197 cm³/mol. The molecule has 1 aromatic heterocycles. The number of amides is 5. The SMILES string of the molecule is CCCNC(=O)N[C@H]1CN(C2CC2)CCC/C=C\C2C[C@@]2(C(=O)NS(=O)(=O)C2CC2)NC(=O)[C@@H]2C[C@@H](Oc3cccc(-c4ccccc4)n3)CN2C1=O. The molecule has 1 saturated heterocycles. The number of fused-ring (bicyclic) bond motifs is 2. The highest BCUT2D eigenvalue weighted by Crippen LogP contribution is 2.46. The van der Waals surface area contributed by atoms with E-state index >= 15 is 0 Å². The van der Waals surface area contributed by atoms with Gasteiger partial charge < -0.3 is 25.6 Å². The Morgan fingerprint density at radius 2 is 1.83 bits per heavy atom.